The molecule has 0 bridgehead atoms. The van der Waals surface area contributed by atoms with Crippen molar-refractivity contribution in [2.45, 2.75) is 12.8 Å². The van der Waals surface area contributed by atoms with E-state index in [1.165, 1.54) is 12.1 Å². The van der Waals surface area contributed by atoms with Crippen molar-refractivity contribution in [1.82, 2.24) is 10.3 Å². The molecule has 2 rings (SSSR count). The summed E-state index contributed by atoms with van der Waals surface area (Å²) in [5.74, 6) is -1.69. The predicted molar refractivity (Wildman–Crippen MR) is 72.1 cm³/mol. The van der Waals surface area contributed by atoms with E-state index in [1.54, 1.807) is 0 Å². The van der Waals surface area contributed by atoms with E-state index in [2.05, 4.69) is 10.3 Å². The minimum Gasteiger partial charge on any atom is -0.478 e. The number of nitrogens with one attached hydrogen (secondary N) is 1. The summed E-state index contributed by atoms with van der Waals surface area (Å²) in [6.45, 7) is 1.09. The smallest absolute Gasteiger partial charge is 0.337 e. The number of nitrogens with zero attached hydrogens (tertiary/aromatic N) is 1. The largest absolute Gasteiger partial charge is 0.478 e. The minimum atomic E-state index is -1.11. The Balaban J connectivity index is 1.86. The van der Waals surface area contributed by atoms with Gasteiger partial charge in [-0.1, -0.05) is 0 Å². The van der Waals surface area contributed by atoms with Crippen molar-refractivity contribution in [3.05, 3.63) is 29.6 Å². The second kappa shape index (κ2) is 6.94. The van der Waals surface area contributed by atoms with Crippen LogP contribution >= 0.6 is 0 Å². The molecule has 0 spiro atoms. The van der Waals surface area contributed by atoms with Gasteiger partial charge < -0.3 is 15.2 Å². The number of carbonyl (C=O) groups excluding carboxylic acids is 2. The minimum absolute atomic E-state index is 0.00447. The van der Waals surface area contributed by atoms with Gasteiger partial charge in [-0.3, -0.25) is 14.6 Å². The van der Waals surface area contributed by atoms with Crippen LogP contribution in [0, 0.1) is 5.92 Å². The van der Waals surface area contributed by atoms with Crippen molar-refractivity contribution in [3.63, 3.8) is 0 Å². The molecule has 0 aromatic carbocycles. The van der Waals surface area contributed by atoms with E-state index < -0.39 is 11.9 Å². The van der Waals surface area contributed by atoms with Crippen molar-refractivity contribution in [2.24, 2.45) is 5.92 Å². The van der Waals surface area contributed by atoms with Crippen LogP contribution in [0.5, 0.6) is 0 Å². The van der Waals surface area contributed by atoms with E-state index in [0.717, 1.165) is 6.20 Å². The molecular weight excluding hydrogens is 276 g/mol. The van der Waals surface area contributed by atoms with E-state index >= 15 is 0 Å². The van der Waals surface area contributed by atoms with Crippen LogP contribution in [0.4, 0.5) is 0 Å². The van der Waals surface area contributed by atoms with Gasteiger partial charge in [0, 0.05) is 25.3 Å². The Labute approximate surface area is 121 Å². The number of ether oxygens (including phenoxy) is 1. The normalized spacial score (nSPS) is 15.4. The zero-order valence-electron chi connectivity index (χ0n) is 11.4. The molecule has 7 heteroatoms. The highest BCUT2D eigenvalue weighted by atomic mass is 16.5. The first kappa shape index (κ1) is 15.1. The number of Topliss-reactive ketones (excluding diaryl/α,β-unsaturated/α-hetero) is 1. The van der Waals surface area contributed by atoms with Crippen LogP contribution in [0.2, 0.25) is 0 Å². The molecular formula is C14H16N2O5. The molecule has 0 aliphatic carbocycles. The Morgan fingerprint density at radius 3 is 2.57 bits per heavy atom. The van der Waals surface area contributed by atoms with Crippen molar-refractivity contribution >= 4 is 17.7 Å². The Morgan fingerprint density at radius 2 is 2.00 bits per heavy atom. The second-order valence-corrected chi connectivity index (χ2v) is 4.77. The van der Waals surface area contributed by atoms with Crippen molar-refractivity contribution < 1.29 is 24.2 Å². The van der Waals surface area contributed by atoms with E-state index in [4.69, 9.17) is 9.84 Å². The summed E-state index contributed by atoms with van der Waals surface area (Å²) in [6.07, 6.45) is 2.47. The first-order chi connectivity index (χ1) is 10.1. The fourth-order valence-corrected chi connectivity index (χ4v) is 2.08. The Morgan fingerprint density at radius 1 is 1.29 bits per heavy atom. The average Bonchev–Trinajstić information content (AvgIpc) is 2.53. The Hall–Kier alpha value is -2.28. The number of carboxylic acid groups (broad SMARTS) is 1. The van der Waals surface area contributed by atoms with E-state index in [0.29, 0.717) is 26.1 Å². The third-order valence-electron chi connectivity index (χ3n) is 3.34. The second-order valence-electron chi connectivity index (χ2n) is 4.77. The highest BCUT2D eigenvalue weighted by Gasteiger charge is 2.22. The lowest BCUT2D eigenvalue weighted by Crippen LogP contribution is -2.35. The molecule has 0 radical (unpaired) electrons. The summed E-state index contributed by atoms with van der Waals surface area (Å²) >= 11 is 0. The highest BCUT2D eigenvalue weighted by Crippen LogP contribution is 2.15. The van der Waals surface area contributed by atoms with Gasteiger partial charge in [0.15, 0.2) is 5.78 Å². The maximum Gasteiger partial charge on any atom is 0.337 e. The van der Waals surface area contributed by atoms with Crippen LogP contribution in [0.25, 0.3) is 0 Å². The third-order valence-corrected chi connectivity index (χ3v) is 3.34. The number of amides is 1. The van der Waals surface area contributed by atoms with Crippen LogP contribution in [0.15, 0.2) is 18.3 Å². The fourth-order valence-electron chi connectivity index (χ4n) is 2.08. The molecule has 1 aromatic rings. The highest BCUT2D eigenvalue weighted by molar-refractivity contribution is 5.96. The number of hydrogen-bond donors (Lipinski definition) is 2. The van der Waals surface area contributed by atoms with Gasteiger partial charge in [-0.05, 0) is 25.0 Å². The topological polar surface area (TPSA) is 106 Å². The van der Waals surface area contributed by atoms with E-state index in [1.807, 2.05) is 0 Å². The lowest BCUT2D eigenvalue weighted by atomic mass is 9.95. The maximum atomic E-state index is 11.9. The van der Waals surface area contributed by atoms with Gasteiger partial charge in [-0.25, -0.2) is 4.79 Å². The van der Waals surface area contributed by atoms with Crippen molar-refractivity contribution in [2.75, 3.05) is 19.8 Å². The summed E-state index contributed by atoms with van der Waals surface area (Å²) in [5, 5.41) is 11.2. The zero-order valence-corrected chi connectivity index (χ0v) is 11.4. The first-order valence-electron chi connectivity index (χ1n) is 6.66. The summed E-state index contributed by atoms with van der Waals surface area (Å²) in [5.41, 5.74) is 0.0876. The average molecular weight is 292 g/mol. The van der Waals surface area contributed by atoms with E-state index in [-0.39, 0.29) is 29.5 Å². The summed E-state index contributed by atoms with van der Waals surface area (Å²) in [7, 11) is 0. The summed E-state index contributed by atoms with van der Waals surface area (Å²) in [6, 6.07) is 2.61. The molecule has 0 saturated carbocycles. The summed E-state index contributed by atoms with van der Waals surface area (Å²) in [4.78, 5) is 38.2. The number of carboxylic acids is 1. The van der Waals surface area contributed by atoms with Crippen LogP contribution in [0.1, 0.15) is 33.7 Å². The Bertz CT molecular complexity index is 535. The number of aromatic nitrogens is 1. The van der Waals surface area contributed by atoms with Crippen LogP contribution < -0.4 is 5.32 Å². The zero-order chi connectivity index (χ0) is 15.2. The molecule has 1 fully saturated rings. The molecule has 112 valence electrons. The molecule has 1 aliphatic rings. The molecule has 1 aliphatic heterocycles. The number of aromatic carboxylic acids is 1. The molecule has 7 nitrogen and oxygen atoms in total. The molecule has 0 unspecified atom stereocenters. The molecule has 0 atom stereocenters. The van der Waals surface area contributed by atoms with Gasteiger partial charge in [0.05, 0.1) is 12.1 Å². The number of ketones is 1. The number of pyridine rings is 1. The predicted octanol–water partition coefficient (Wildman–Crippen LogP) is 0.505. The van der Waals surface area contributed by atoms with Gasteiger partial charge in [0.2, 0.25) is 0 Å². The van der Waals surface area contributed by atoms with E-state index in [9.17, 15) is 14.4 Å². The Kier molecular flexibility index (Phi) is 4.99. The lowest BCUT2D eigenvalue weighted by molar-refractivity contribution is -0.124. The lowest BCUT2D eigenvalue weighted by Gasteiger charge is -2.20. The quantitative estimate of drug-likeness (QED) is 0.819. The molecule has 2 N–H and O–H groups in total. The van der Waals surface area contributed by atoms with Gasteiger partial charge in [0.25, 0.3) is 5.91 Å². The fraction of sp³-hybridized carbons (Fsp3) is 0.429. The number of carbonyl (C=O) groups is 3. The third kappa shape index (κ3) is 4.09. The molecule has 1 amide bonds. The monoisotopic (exact) mass is 292 g/mol. The molecule has 21 heavy (non-hydrogen) atoms. The van der Waals surface area contributed by atoms with Gasteiger partial charge in [-0.2, -0.15) is 0 Å². The molecule has 1 aromatic heterocycles. The maximum absolute atomic E-state index is 11.9. The van der Waals surface area contributed by atoms with Gasteiger partial charge >= 0.3 is 5.97 Å². The van der Waals surface area contributed by atoms with Gasteiger partial charge in [-0.15, -0.1) is 0 Å². The van der Waals surface area contributed by atoms with Gasteiger partial charge in [0.1, 0.15) is 5.69 Å². The molecule has 1 saturated heterocycles. The van der Waals surface area contributed by atoms with Crippen LogP contribution in [-0.2, 0) is 9.53 Å². The number of hydrogen-bond acceptors (Lipinski definition) is 5. The SMILES string of the molecule is O=C(O)c1ccc(C(=O)NCC(=O)C2CCOCC2)nc1. The van der Waals surface area contributed by atoms with Crippen LogP contribution in [0.3, 0.4) is 0 Å². The van der Waals surface area contributed by atoms with Crippen molar-refractivity contribution in [1.29, 1.82) is 0 Å². The molecule has 2 heterocycles. The van der Waals surface area contributed by atoms with Crippen molar-refractivity contribution in [3.8, 4) is 0 Å². The van der Waals surface area contributed by atoms with Crippen LogP contribution in [-0.4, -0.2) is 47.5 Å². The number of rotatable bonds is 5. The summed E-state index contributed by atoms with van der Waals surface area (Å²) < 4.78 is 5.18. The first-order valence-corrected chi connectivity index (χ1v) is 6.66. The standard InChI is InChI=1S/C14H16N2O5/c17-12(9-3-5-21-6-4-9)8-16-13(18)11-2-1-10(7-15-11)14(19)20/h1-2,7,9H,3-6,8H2,(H,16,18)(H,19,20).